The fourth-order valence-electron chi connectivity index (χ4n) is 3.05. The largest absolute Gasteiger partial charge is 0.480 e. The lowest BCUT2D eigenvalue weighted by atomic mass is 9.95. The lowest BCUT2D eigenvalue weighted by molar-refractivity contribution is -0.212. The highest BCUT2D eigenvalue weighted by Crippen LogP contribution is 2.53. The second-order valence-electron chi connectivity index (χ2n) is 11.2. The number of halogens is 1. The zero-order valence-corrected chi connectivity index (χ0v) is 23.6. The number of carbonyl (C=O) groups is 1. The zero-order chi connectivity index (χ0) is 30.0. The van der Waals surface area contributed by atoms with Gasteiger partial charge in [0.2, 0.25) is 6.79 Å². The molecule has 1 aromatic heterocycles. The van der Waals surface area contributed by atoms with E-state index in [4.69, 9.17) is 27.8 Å². The molecule has 1 aliphatic heterocycles. The van der Waals surface area contributed by atoms with Crippen LogP contribution in [0.1, 0.15) is 54.7 Å². The smallest absolute Gasteiger partial charge is 0.437 e. The monoisotopic (exact) mass is 586 g/mol. The molecule has 0 saturated carbocycles. The third-order valence-corrected chi connectivity index (χ3v) is 6.77. The van der Waals surface area contributed by atoms with Crippen LogP contribution < -0.4 is 11.2 Å². The Kier molecular flexibility index (Phi) is 10.1. The van der Waals surface area contributed by atoms with E-state index in [-0.39, 0.29) is 0 Å². The van der Waals surface area contributed by atoms with Gasteiger partial charge in [0.1, 0.15) is 18.3 Å². The summed E-state index contributed by atoms with van der Waals surface area (Å²) in [4.78, 5) is 37.4. The summed E-state index contributed by atoms with van der Waals surface area (Å²) in [6.07, 6.45) is -4.70. The van der Waals surface area contributed by atoms with Gasteiger partial charge in [-0.3, -0.25) is 28.2 Å². The zero-order valence-electron chi connectivity index (χ0n) is 22.7. The first-order chi connectivity index (χ1) is 17.6. The minimum Gasteiger partial charge on any atom is -0.437 e. The fraction of sp³-hybridized carbons (Fsp3) is 0.773. The topological polar surface area (TPSA) is 205 Å². The first-order valence-electron chi connectivity index (χ1n) is 11.7. The van der Waals surface area contributed by atoms with Crippen molar-refractivity contribution in [3.8, 4) is 0 Å². The number of nitrogens with one attached hydrogen (secondary N) is 1. The molecule has 1 aromatic rings. The Labute approximate surface area is 223 Å². The molecule has 0 radical (unpaired) electrons. The molecule has 4 N–H and O–H groups in total. The number of phosphoric ester groups is 1. The number of alkyl halides is 1. The van der Waals surface area contributed by atoms with Gasteiger partial charge in [-0.1, -0.05) is 20.8 Å². The van der Waals surface area contributed by atoms with Crippen LogP contribution in [0, 0.1) is 10.8 Å². The van der Waals surface area contributed by atoms with Crippen molar-refractivity contribution in [2.45, 2.75) is 78.5 Å². The van der Waals surface area contributed by atoms with Gasteiger partial charge in [-0.05, 0) is 27.7 Å². The van der Waals surface area contributed by atoms with E-state index < -0.39 is 86.1 Å². The number of hydrogen-bond donors (Lipinski definition) is 4. The van der Waals surface area contributed by atoms with E-state index in [0.717, 1.165) is 19.2 Å². The van der Waals surface area contributed by atoms with Crippen LogP contribution in [-0.4, -0.2) is 74.9 Å². The van der Waals surface area contributed by atoms with Crippen LogP contribution in [-0.2, 0) is 37.1 Å². The number of nitrogens with zero attached hydrogens (tertiary/aromatic N) is 1. The van der Waals surface area contributed by atoms with E-state index in [1.165, 1.54) is 0 Å². The SMILES string of the molecule is CC(C)(C)C(=O)OCOP(=O)(OCOC(O)C(C)(C)C)OC[C@@]1(F)O[C@@H](n2ccc(=O)[nH]c2=O)[C@](C)(O)[C@@H]1O. The van der Waals surface area contributed by atoms with E-state index in [9.17, 15) is 34.3 Å². The average Bonchev–Trinajstić information content (AvgIpc) is 2.97. The standard InChI is InChI=1S/C22H36FN2O13P/c1-19(2,3)16(28)33-11-36-39(32,37-12-34-17(29)20(4,5)6)35-10-22(23)14(27)21(7,31)15(38-22)25-9-8-13(26)24-18(25)30/h8-9,14-16,27-28,31H,10-12H2,1-7H3,(H,24,26,30)/t14-,15+,16?,21+,22+,39?/m0/s1. The lowest BCUT2D eigenvalue weighted by Gasteiger charge is -2.28. The predicted octanol–water partition coefficient (Wildman–Crippen LogP) is 0.886. The Morgan fingerprint density at radius 3 is 2.33 bits per heavy atom. The Balaban J connectivity index is 2.21. The van der Waals surface area contributed by atoms with Crippen molar-refractivity contribution in [1.29, 1.82) is 0 Å². The van der Waals surface area contributed by atoms with Crippen molar-refractivity contribution < 1.29 is 56.9 Å². The maximum Gasteiger partial charge on any atom is 0.480 e. The van der Waals surface area contributed by atoms with Gasteiger partial charge >= 0.3 is 19.5 Å². The van der Waals surface area contributed by atoms with Crippen LogP contribution in [0.5, 0.6) is 0 Å². The summed E-state index contributed by atoms with van der Waals surface area (Å²) in [5.41, 5.74) is -6.00. The molecule has 1 saturated heterocycles. The van der Waals surface area contributed by atoms with Gasteiger partial charge < -0.3 is 29.5 Å². The van der Waals surface area contributed by atoms with Crippen LogP contribution in [0.15, 0.2) is 21.9 Å². The van der Waals surface area contributed by atoms with Crippen molar-refractivity contribution in [1.82, 2.24) is 9.55 Å². The fourth-order valence-corrected chi connectivity index (χ4v) is 3.98. The molecule has 6 atom stereocenters. The summed E-state index contributed by atoms with van der Waals surface area (Å²) < 4.78 is 59.5. The highest BCUT2D eigenvalue weighted by Gasteiger charge is 2.63. The molecule has 1 aliphatic rings. The molecule has 15 nitrogen and oxygen atoms in total. The molecule has 39 heavy (non-hydrogen) atoms. The summed E-state index contributed by atoms with van der Waals surface area (Å²) in [5, 5.41) is 31.2. The van der Waals surface area contributed by atoms with Crippen molar-refractivity contribution >= 4 is 13.8 Å². The van der Waals surface area contributed by atoms with Crippen molar-refractivity contribution in [2.75, 3.05) is 20.2 Å². The molecule has 1 fully saturated rings. The van der Waals surface area contributed by atoms with Gasteiger partial charge in [0.05, 0.1) is 5.41 Å². The molecule has 0 bridgehead atoms. The number of aromatic amines is 1. The molecule has 2 rings (SSSR count). The minimum absolute atomic E-state index is 0.631. The first-order valence-corrected chi connectivity index (χ1v) is 13.2. The predicted molar refractivity (Wildman–Crippen MR) is 129 cm³/mol. The summed E-state index contributed by atoms with van der Waals surface area (Å²) in [6, 6.07) is 0.905. The second kappa shape index (κ2) is 11.8. The number of aliphatic hydroxyl groups is 3. The van der Waals surface area contributed by atoms with Gasteiger partial charge in [0.25, 0.3) is 11.4 Å². The number of ether oxygens (including phenoxy) is 3. The highest BCUT2D eigenvalue weighted by atomic mass is 31.2. The minimum atomic E-state index is -4.85. The van der Waals surface area contributed by atoms with Gasteiger partial charge in [-0.2, -0.15) is 0 Å². The van der Waals surface area contributed by atoms with Crippen molar-refractivity contribution in [2.24, 2.45) is 10.8 Å². The first kappa shape index (κ1) is 33.2. The molecule has 0 spiro atoms. The molecular formula is C22H36FN2O13P. The number of esters is 1. The van der Waals surface area contributed by atoms with E-state index in [2.05, 4.69) is 0 Å². The van der Waals surface area contributed by atoms with Crippen LogP contribution >= 0.6 is 7.82 Å². The third-order valence-electron chi connectivity index (χ3n) is 5.48. The van der Waals surface area contributed by atoms with Gasteiger partial charge in [0.15, 0.2) is 19.3 Å². The molecule has 2 unspecified atom stereocenters. The van der Waals surface area contributed by atoms with Crippen LogP contribution in [0.2, 0.25) is 0 Å². The van der Waals surface area contributed by atoms with Gasteiger partial charge in [0, 0.05) is 17.7 Å². The van der Waals surface area contributed by atoms with Crippen LogP contribution in [0.25, 0.3) is 0 Å². The Morgan fingerprint density at radius 2 is 1.79 bits per heavy atom. The number of aliphatic hydroxyl groups excluding tert-OH is 2. The number of aromatic nitrogens is 2. The van der Waals surface area contributed by atoms with Crippen molar-refractivity contribution in [3.05, 3.63) is 33.1 Å². The van der Waals surface area contributed by atoms with Gasteiger partial charge in [-0.25, -0.2) is 18.3 Å². The Bertz CT molecular complexity index is 1170. The molecule has 224 valence electrons. The number of hydrogen-bond acceptors (Lipinski definition) is 13. The van der Waals surface area contributed by atoms with Crippen LogP contribution in [0.4, 0.5) is 4.39 Å². The number of rotatable bonds is 11. The third kappa shape index (κ3) is 8.25. The summed E-state index contributed by atoms with van der Waals surface area (Å²) >= 11 is 0. The highest BCUT2D eigenvalue weighted by molar-refractivity contribution is 7.48. The van der Waals surface area contributed by atoms with Crippen molar-refractivity contribution in [3.63, 3.8) is 0 Å². The quantitative estimate of drug-likeness (QED) is 0.162. The molecule has 17 heteroatoms. The molecule has 2 heterocycles. The molecule has 0 amide bonds. The second-order valence-corrected chi connectivity index (χ2v) is 12.9. The lowest BCUT2D eigenvalue weighted by Crippen LogP contribution is -2.50. The van der Waals surface area contributed by atoms with E-state index in [0.29, 0.717) is 4.57 Å². The van der Waals surface area contributed by atoms with E-state index >= 15 is 4.39 Å². The Morgan fingerprint density at radius 1 is 1.21 bits per heavy atom. The number of carbonyl (C=O) groups excluding carboxylic acids is 1. The normalized spacial score (nSPS) is 28.2. The molecular weight excluding hydrogens is 550 g/mol. The maximum absolute atomic E-state index is 15.8. The summed E-state index contributed by atoms with van der Waals surface area (Å²) in [7, 11) is -4.85. The Hall–Kier alpha value is -2.01. The van der Waals surface area contributed by atoms with Crippen LogP contribution in [0.3, 0.4) is 0 Å². The summed E-state index contributed by atoms with van der Waals surface area (Å²) in [6.45, 7) is 7.30. The van der Waals surface area contributed by atoms with Gasteiger partial charge in [-0.15, -0.1) is 0 Å². The summed E-state index contributed by atoms with van der Waals surface area (Å²) in [5.74, 6) is -4.03. The molecule has 0 aromatic carbocycles. The number of H-pyrrole nitrogens is 1. The molecule has 0 aliphatic carbocycles. The maximum atomic E-state index is 15.8. The number of phosphoric acid groups is 1. The van der Waals surface area contributed by atoms with E-state index in [1.807, 2.05) is 4.98 Å². The average molecular weight is 587 g/mol. The van der Waals surface area contributed by atoms with E-state index in [1.54, 1.807) is 41.5 Å².